The summed E-state index contributed by atoms with van der Waals surface area (Å²) >= 11 is 19.1. The number of nitrogens with two attached hydrogens (primary N) is 2. The molecule has 0 unspecified atom stereocenters. The van der Waals surface area contributed by atoms with Crippen LogP contribution in [0.4, 0.5) is 5.69 Å². The predicted molar refractivity (Wildman–Crippen MR) is 94.1 cm³/mol. The van der Waals surface area contributed by atoms with E-state index in [1.807, 2.05) is 0 Å². The summed E-state index contributed by atoms with van der Waals surface area (Å²) in [6.45, 7) is 0. The first-order valence-corrected chi connectivity index (χ1v) is 8.12. The van der Waals surface area contributed by atoms with Crippen LogP contribution in [0.3, 0.4) is 0 Å². The highest BCUT2D eigenvalue weighted by Gasteiger charge is 2.19. The number of thiophene rings is 1. The molecule has 3 rings (SSSR count). The fourth-order valence-corrected chi connectivity index (χ4v) is 3.49. The molecule has 0 radical (unpaired) electrons. The van der Waals surface area contributed by atoms with Gasteiger partial charge in [-0.2, -0.15) is 0 Å². The molecule has 3 aromatic rings. The molecule has 0 atom stereocenters. The van der Waals surface area contributed by atoms with Gasteiger partial charge in [-0.1, -0.05) is 34.8 Å². The second-order valence-corrected chi connectivity index (χ2v) is 6.72. The first-order valence-electron chi connectivity index (χ1n) is 6.17. The lowest BCUT2D eigenvalue weighted by molar-refractivity contribution is 0.100. The number of amides is 1. The van der Waals surface area contributed by atoms with Crippen LogP contribution < -0.4 is 16.2 Å². The molecule has 0 fully saturated rings. The Balaban J connectivity index is 2.14. The number of nitrogens with zero attached hydrogens (tertiary/aromatic N) is 1. The van der Waals surface area contributed by atoms with Gasteiger partial charge in [-0.15, -0.1) is 11.3 Å². The molecule has 0 aliphatic rings. The lowest BCUT2D eigenvalue weighted by atomic mass is 10.2. The second-order valence-electron chi connectivity index (χ2n) is 4.50. The molecule has 0 aliphatic carbocycles. The van der Waals surface area contributed by atoms with Gasteiger partial charge in [-0.25, -0.2) is 4.98 Å². The highest BCUT2D eigenvalue weighted by Crippen LogP contribution is 2.42. The minimum absolute atomic E-state index is 0.219. The highest BCUT2D eigenvalue weighted by molar-refractivity contribution is 7.21. The molecular weight excluding hydrogens is 381 g/mol. The molecule has 9 heteroatoms. The molecule has 0 bridgehead atoms. The highest BCUT2D eigenvalue weighted by atomic mass is 35.5. The van der Waals surface area contributed by atoms with Gasteiger partial charge in [-0.3, -0.25) is 4.79 Å². The van der Waals surface area contributed by atoms with Gasteiger partial charge in [0.1, 0.15) is 21.2 Å². The number of ether oxygens (including phenoxy) is 1. The van der Waals surface area contributed by atoms with E-state index in [0.29, 0.717) is 31.8 Å². The first kappa shape index (κ1) is 16.1. The van der Waals surface area contributed by atoms with Crippen molar-refractivity contribution in [2.75, 3.05) is 5.73 Å². The van der Waals surface area contributed by atoms with Gasteiger partial charge < -0.3 is 16.2 Å². The van der Waals surface area contributed by atoms with Crippen molar-refractivity contribution in [2.24, 2.45) is 5.73 Å². The maximum atomic E-state index is 11.4. The number of benzene rings is 1. The van der Waals surface area contributed by atoms with Crippen molar-refractivity contribution < 1.29 is 9.53 Å². The summed E-state index contributed by atoms with van der Waals surface area (Å²) in [5.74, 6) is 0.0698. The summed E-state index contributed by atoms with van der Waals surface area (Å²) in [6, 6.07) is 4.58. The van der Waals surface area contributed by atoms with Crippen molar-refractivity contribution in [3.8, 4) is 11.5 Å². The Bertz CT molecular complexity index is 943. The lowest BCUT2D eigenvalue weighted by Crippen LogP contribution is -2.10. The molecule has 0 spiro atoms. The number of aromatic nitrogens is 1. The number of carbonyl (C=O) groups is 1. The van der Waals surface area contributed by atoms with Crippen LogP contribution in [0, 0.1) is 0 Å². The zero-order valence-electron chi connectivity index (χ0n) is 11.3. The topological polar surface area (TPSA) is 91.2 Å². The van der Waals surface area contributed by atoms with E-state index in [4.69, 9.17) is 51.0 Å². The maximum Gasteiger partial charge on any atom is 0.260 e. The van der Waals surface area contributed by atoms with E-state index in [2.05, 4.69) is 4.98 Å². The van der Waals surface area contributed by atoms with Crippen LogP contribution in [0.5, 0.6) is 11.5 Å². The molecule has 23 heavy (non-hydrogen) atoms. The number of hydrogen-bond donors (Lipinski definition) is 2. The number of anilines is 1. The molecule has 5 nitrogen and oxygen atoms in total. The summed E-state index contributed by atoms with van der Waals surface area (Å²) in [6.07, 6.45) is 1.53. The van der Waals surface area contributed by atoms with E-state index in [1.54, 1.807) is 6.07 Å². The van der Waals surface area contributed by atoms with E-state index in [1.165, 1.54) is 18.3 Å². The zero-order chi connectivity index (χ0) is 16.7. The number of rotatable bonds is 3. The SMILES string of the molecule is NC(=O)c1sc2nccc(Oc3cc(Cl)c(Cl)cc3Cl)c2c1N. The normalized spacial score (nSPS) is 10.9. The number of hydrogen-bond acceptors (Lipinski definition) is 5. The van der Waals surface area contributed by atoms with E-state index in [0.717, 1.165) is 11.3 Å². The lowest BCUT2D eigenvalue weighted by Gasteiger charge is -2.10. The largest absolute Gasteiger partial charge is 0.455 e. The van der Waals surface area contributed by atoms with E-state index in [-0.39, 0.29) is 15.6 Å². The van der Waals surface area contributed by atoms with Crippen LogP contribution in [-0.4, -0.2) is 10.9 Å². The van der Waals surface area contributed by atoms with E-state index < -0.39 is 5.91 Å². The van der Waals surface area contributed by atoms with Crippen molar-refractivity contribution >= 4 is 68.0 Å². The summed E-state index contributed by atoms with van der Waals surface area (Å²) in [7, 11) is 0. The van der Waals surface area contributed by atoms with Gasteiger partial charge in [0.05, 0.1) is 26.1 Å². The van der Waals surface area contributed by atoms with Gasteiger partial charge in [-0.05, 0) is 12.1 Å². The van der Waals surface area contributed by atoms with Crippen molar-refractivity contribution in [3.63, 3.8) is 0 Å². The summed E-state index contributed by atoms with van der Waals surface area (Å²) < 4.78 is 5.79. The number of pyridine rings is 1. The van der Waals surface area contributed by atoms with E-state index in [9.17, 15) is 4.79 Å². The maximum absolute atomic E-state index is 11.4. The van der Waals surface area contributed by atoms with Gasteiger partial charge >= 0.3 is 0 Å². The average molecular weight is 389 g/mol. The smallest absolute Gasteiger partial charge is 0.260 e. The van der Waals surface area contributed by atoms with Crippen molar-refractivity contribution in [3.05, 3.63) is 44.3 Å². The van der Waals surface area contributed by atoms with Crippen LogP contribution in [0.2, 0.25) is 15.1 Å². The third-order valence-electron chi connectivity index (χ3n) is 3.01. The van der Waals surface area contributed by atoms with E-state index >= 15 is 0 Å². The number of nitrogen functional groups attached to an aromatic ring is 1. The van der Waals surface area contributed by atoms with Crippen LogP contribution >= 0.6 is 46.1 Å². The number of carbonyl (C=O) groups excluding carboxylic acids is 1. The predicted octanol–water partition coefficient (Wildman–Crippen LogP) is 4.73. The summed E-state index contributed by atoms with van der Waals surface area (Å²) in [4.78, 5) is 16.4. The van der Waals surface area contributed by atoms with Crippen LogP contribution in [0.1, 0.15) is 9.67 Å². The monoisotopic (exact) mass is 387 g/mol. The minimum atomic E-state index is -0.621. The molecule has 118 valence electrons. The molecule has 1 amide bonds. The molecule has 0 saturated carbocycles. The van der Waals surface area contributed by atoms with Gasteiger partial charge in [0.25, 0.3) is 5.91 Å². The molecule has 4 N–H and O–H groups in total. The molecule has 0 saturated heterocycles. The van der Waals surface area contributed by atoms with Crippen molar-refractivity contribution in [1.29, 1.82) is 0 Å². The Morgan fingerprint density at radius 1 is 1.13 bits per heavy atom. The minimum Gasteiger partial charge on any atom is -0.455 e. The fourth-order valence-electron chi connectivity index (χ4n) is 1.99. The molecule has 0 aliphatic heterocycles. The molecule has 2 aromatic heterocycles. The van der Waals surface area contributed by atoms with Gasteiger partial charge in [0.15, 0.2) is 0 Å². The molecule has 1 aromatic carbocycles. The fraction of sp³-hybridized carbons (Fsp3) is 0. The average Bonchev–Trinajstić information content (AvgIpc) is 2.83. The van der Waals surface area contributed by atoms with Crippen molar-refractivity contribution in [2.45, 2.75) is 0 Å². The number of fused-ring (bicyclic) bond motifs is 1. The summed E-state index contributed by atoms with van der Waals surface area (Å²) in [5, 5.41) is 1.39. The Labute approximate surface area is 149 Å². The molecular formula is C14H8Cl3N3O2S. The third-order valence-corrected chi connectivity index (χ3v) is 5.15. The third kappa shape index (κ3) is 2.90. The van der Waals surface area contributed by atoms with Crippen LogP contribution in [-0.2, 0) is 0 Å². The number of halogens is 3. The zero-order valence-corrected chi connectivity index (χ0v) is 14.4. The van der Waals surface area contributed by atoms with Crippen LogP contribution in [0.25, 0.3) is 10.2 Å². The molecule has 2 heterocycles. The standard InChI is InChI=1S/C14H8Cl3N3O2S/c15-5-3-7(17)9(4-6(5)16)22-8-1-2-20-14-10(8)11(18)12(23-14)13(19)21/h1-4H,18H2,(H2,19,21). The Hall–Kier alpha value is -1.73. The quantitative estimate of drug-likeness (QED) is 0.634. The Morgan fingerprint density at radius 2 is 1.83 bits per heavy atom. The van der Waals surface area contributed by atoms with Crippen LogP contribution in [0.15, 0.2) is 24.4 Å². The van der Waals surface area contributed by atoms with Crippen molar-refractivity contribution in [1.82, 2.24) is 4.98 Å². The Morgan fingerprint density at radius 3 is 2.52 bits per heavy atom. The van der Waals surface area contributed by atoms with Gasteiger partial charge in [0.2, 0.25) is 0 Å². The summed E-state index contributed by atoms with van der Waals surface area (Å²) in [5.41, 5.74) is 11.5. The second kappa shape index (κ2) is 6.05. The number of primary amides is 1. The first-order chi connectivity index (χ1) is 10.9. The Kier molecular flexibility index (Phi) is 4.25. The van der Waals surface area contributed by atoms with Gasteiger partial charge in [0, 0.05) is 12.3 Å².